The molecule has 0 saturated carbocycles. The van der Waals surface area contributed by atoms with E-state index < -0.39 is 18.7 Å². The van der Waals surface area contributed by atoms with Gasteiger partial charge in [0.15, 0.2) is 0 Å². The van der Waals surface area contributed by atoms with E-state index in [1.54, 1.807) is 13.1 Å². The van der Waals surface area contributed by atoms with Gasteiger partial charge in [-0.1, -0.05) is 0 Å². The molecule has 86 valence electrons. The Balaban J connectivity index is 2.37. The van der Waals surface area contributed by atoms with E-state index in [4.69, 9.17) is 0 Å². The van der Waals surface area contributed by atoms with E-state index in [0.717, 1.165) is 0 Å². The summed E-state index contributed by atoms with van der Waals surface area (Å²) in [6, 6.07) is 1.60. The Labute approximate surface area is 85.5 Å². The highest BCUT2D eigenvalue weighted by molar-refractivity contribution is 5.03. The molecule has 3 nitrogen and oxygen atoms in total. The first-order valence-corrected chi connectivity index (χ1v) is 4.63. The number of aliphatic hydroxyl groups is 1. The molecule has 1 heterocycles. The van der Waals surface area contributed by atoms with Gasteiger partial charge in [-0.25, -0.2) is 0 Å². The Hall–Kier alpha value is -1.04. The van der Waals surface area contributed by atoms with Crippen LogP contribution in [0.1, 0.15) is 31.1 Å². The molecule has 1 N–H and O–H groups in total. The van der Waals surface area contributed by atoms with Crippen LogP contribution in [0, 0.1) is 0 Å². The first-order chi connectivity index (χ1) is 6.90. The van der Waals surface area contributed by atoms with E-state index in [1.165, 1.54) is 10.9 Å². The maximum atomic E-state index is 11.8. The van der Waals surface area contributed by atoms with Gasteiger partial charge in [0.2, 0.25) is 0 Å². The zero-order chi connectivity index (χ0) is 11.5. The minimum Gasteiger partial charge on any atom is -0.387 e. The van der Waals surface area contributed by atoms with Crippen molar-refractivity contribution >= 4 is 0 Å². The largest absolute Gasteiger partial charge is 0.389 e. The second kappa shape index (κ2) is 4.65. The van der Waals surface area contributed by atoms with Gasteiger partial charge in [-0.15, -0.1) is 0 Å². The smallest absolute Gasteiger partial charge is 0.387 e. The molecular formula is C9H13F3N2O. The van der Waals surface area contributed by atoms with Crippen LogP contribution in [0.2, 0.25) is 0 Å². The maximum Gasteiger partial charge on any atom is 0.389 e. The predicted octanol–water partition coefficient (Wildman–Crippen LogP) is 2.19. The Morgan fingerprint density at radius 2 is 2.20 bits per heavy atom. The van der Waals surface area contributed by atoms with Crippen LogP contribution in [0.15, 0.2) is 12.3 Å². The first kappa shape index (κ1) is 12.0. The molecule has 0 aliphatic carbocycles. The highest BCUT2D eigenvalue weighted by atomic mass is 19.4. The minimum atomic E-state index is -4.15. The molecule has 0 amide bonds. The Morgan fingerprint density at radius 3 is 2.67 bits per heavy atom. The molecule has 0 aromatic carbocycles. The second-order valence-electron chi connectivity index (χ2n) is 3.40. The van der Waals surface area contributed by atoms with Gasteiger partial charge in [0.05, 0.1) is 11.8 Å². The molecule has 0 aliphatic heterocycles. The minimum absolute atomic E-state index is 0.0736. The molecular weight excluding hydrogens is 209 g/mol. The van der Waals surface area contributed by atoms with Crippen LogP contribution in [0.25, 0.3) is 0 Å². The monoisotopic (exact) mass is 222 g/mol. The van der Waals surface area contributed by atoms with Crippen molar-refractivity contribution in [3.8, 4) is 0 Å². The third kappa shape index (κ3) is 3.91. The van der Waals surface area contributed by atoms with Crippen LogP contribution in [0.4, 0.5) is 13.2 Å². The van der Waals surface area contributed by atoms with Gasteiger partial charge < -0.3 is 5.11 Å². The lowest BCUT2D eigenvalue weighted by Gasteiger charge is -2.11. The molecule has 15 heavy (non-hydrogen) atoms. The van der Waals surface area contributed by atoms with Crippen LogP contribution >= 0.6 is 0 Å². The van der Waals surface area contributed by atoms with Crippen molar-refractivity contribution in [3.05, 3.63) is 18.0 Å². The van der Waals surface area contributed by atoms with E-state index in [-0.39, 0.29) is 12.8 Å². The lowest BCUT2D eigenvalue weighted by atomic mass is 10.1. The van der Waals surface area contributed by atoms with Crippen molar-refractivity contribution in [2.24, 2.45) is 7.05 Å². The highest BCUT2D eigenvalue weighted by Gasteiger charge is 2.26. The van der Waals surface area contributed by atoms with Crippen LogP contribution in [-0.2, 0) is 7.05 Å². The van der Waals surface area contributed by atoms with E-state index >= 15 is 0 Å². The zero-order valence-electron chi connectivity index (χ0n) is 8.33. The molecule has 0 spiro atoms. The number of hydrogen-bond donors (Lipinski definition) is 1. The van der Waals surface area contributed by atoms with Crippen molar-refractivity contribution < 1.29 is 18.3 Å². The van der Waals surface area contributed by atoms with Gasteiger partial charge in [0.1, 0.15) is 0 Å². The van der Waals surface area contributed by atoms with E-state index in [2.05, 4.69) is 5.10 Å². The quantitative estimate of drug-likeness (QED) is 0.847. The van der Waals surface area contributed by atoms with Crippen LogP contribution in [0.3, 0.4) is 0 Å². The van der Waals surface area contributed by atoms with E-state index in [0.29, 0.717) is 5.69 Å². The van der Waals surface area contributed by atoms with Gasteiger partial charge in [0.25, 0.3) is 0 Å². The van der Waals surface area contributed by atoms with Crippen molar-refractivity contribution in [2.75, 3.05) is 0 Å². The zero-order valence-corrected chi connectivity index (χ0v) is 8.33. The molecule has 0 fully saturated rings. The maximum absolute atomic E-state index is 11.8. The number of hydrogen-bond acceptors (Lipinski definition) is 2. The third-order valence-corrected chi connectivity index (χ3v) is 2.14. The van der Waals surface area contributed by atoms with E-state index in [1.807, 2.05) is 0 Å². The highest BCUT2D eigenvalue weighted by Crippen LogP contribution is 2.25. The summed E-state index contributed by atoms with van der Waals surface area (Å²) in [5.41, 5.74) is 0.539. The van der Waals surface area contributed by atoms with Gasteiger partial charge in [0, 0.05) is 19.7 Å². The standard InChI is InChI=1S/C9H13F3N2O/c1-14-7(4-6-13-14)8(15)3-2-5-9(10,11)12/h4,6,8,15H,2-3,5H2,1H3. The molecule has 1 aromatic heterocycles. The van der Waals surface area contributed by atoms with Gasteiger partial charge in [-0.3, -0.25) is 4.68 Å². The van der Waals surface area contributed by atoms with Gasteiger partial charge in [-0.05, 0) is 18.9 Å². The lowest BCUT2D eigenvalue weighted by Crippen LogP contribution is -2.09. The number of halogens is 3. The molecule has 1 unspecified atom stereocenters. The normalized spacial score (nSPS) is 14.2. The fourth-order valence-electron chi connectivity index (χ4n) is 1.35. The van der Waals surface area contributed by atoms with Gasteiger partial charge in [-0.2, -0.15) is 18.3 Å². The summed E-state index contributed by atoms with van der Waals surface area (Å²) in [6.45, 7) is 0. The number of nitrogens with zero attached hydrogens (tertiary/aromatic N) is 2. The van der Waals surface area contributed by atoms with Gasteiger partial charge >= 0.3 is 6.18 Å². The molecule has 1 rings (SSSR count). The SMILES string of the molecule is Cn1nccc1C(O)CCCC(F)(F)F. The summed E-state index contributed by atoms with van der Waals surface area (Å²) in [5.74, 6) is 0. The molecule has 0 aliphatic rings. The summed E-state index contributed by atoms with van der Waals surface area (Å²) in [4.78, 5) is 0. The fraction of sp³-hybridized carbons (Fsp3) is 0.667. The third-order valence-electron chi connectivity index (χ3n) is 2.14. The average Bonchev–Trinajstić information content (AvgIpc) is 2.48. The number of rotatable bonds is 4. The second-order valence-corrected chi connectivity index (χ2v) is 3.40. The summed E-state index contributed by atoms with van der Waals surface area (Å²) in [7, 11) is 1.64. The lowest BCUT2D eigenvalue weighted by molar-refractivity contribution is -0.136. The van der Waals surface area contributed by atoms with Crippen molar-refractivity contribution in [1.29, 1.82) is 0 Å². The van der Waals surface area contributed by atoms with Crippen LogP contribution < -0.4 is 0 Å². The molecule has 0 bridgehead atoms. The fourth-order valence-corrected chi connectivity index (χ4v) is 1.35. The van der Waals surface area contributed by atoms with Crippen LogP contribution in [-0.4, -0.2) is 21.1 Å². The van der Waals surface area contributed by atoms with E-state index in [9.17, 15) is 18.3 Å². The van der Waals surface area contributed by atoms with Crippen molar-refractivity contribution in [1.82, 2.24) is 9.78 Å². The number of aromatic nitrogens is 2. The van der Waals surface area contributed by atoms with Crippen LogP contribution in [0.5, 0.6) is 0 Å². The summed E-state index contributed by atoms with van der Waals surface area (Å²) in [5, 5.41) is 13.4. The summed E-state index contributed by atoms with van der Waals surface area (Å²) >= 11 is 0. The molecule has 1 aromatic rings. The number of aliphatic hydroxyl groups excluding tert-OH is 1. The summed E-state index contributed by atoms with van der Waals surface area (Å²) < 4.78 is 36.9. The molecule has 1 atom stereocenters. The Morgan fingerprint density at radius 1 is 1.53 bits per heavy atom. The number of alkyl halides is 3. The molecule has 6 heteroatoms. The summed E-state index contributed by atoms with van der Waals surface area (Å²) in [6.07, 6.45) is -4.36. The molecule has 0 saturated heterocycles. The topological polar surface area (TPSA) is 38.0 Å². The first-order valence-electron chi connectivity index (χ1n) is 4.63. The van der Waals surface area contributed by atoms with Crippen molar-refractivity contribution in [2.45, 2.75) is 31.5 Å². The number of aryl methyl sites for hydroxylation is 1. The Bertz CT molecular complexity index is 309. The van der Waals surface area contributed by atoms with Crippen molar-refractivity contribution in [3.63, 3.8) is 0 Å². The Kier molecular flexibility index (Phi) is 3.73. The molecule has 0 radical (unpaired) electrons. The predicted molar refractivity (Wildman–Crippen MR) is 48.1 cm³/mol. The average molecular weight is 222 g/mol.